The summed E-state index contributed by atoms with van der Waals surface area (Å²) in [5, 5.41) is 6.59. The lowest BCUT2D eigenvalue weighted by Crippen LogP contribution is -2.19. The fourth-order valence-electron chi connectivity index (χ4n) is 2.39. The number of thiophene rings is 1. The summed E-state index contributed by atoms with van der Waals surface area (Å²) in [4.78, 5) is 9.64. The number of benzene rings is 1. The average molecular weight is 299 g/mol. The van der Waals surface area contributed by atoms with Crippen LogP contribution in [0.1, 0.15) is 12.5 Å². The van der Waals surface area contributed by atoms with Gasteiger partial charge in [-0.05, 0) is 36.4 Å². The highest BCUT2D eigenvalue weighted by atomic mass is 32.1. The maximum absolute atomic E-state index is 5.40. The topological polar surface area (TPSA) is 47.0 Å². The van der Waals surface area contributed by atoms with Crippen LogP contribution >= 0.6 is 11.3 Å². The molecule has 0 radical (unpaired) electrons. The number of para-hydroxylation sites is 1. The summed E-state index contributed by atoms with van der Waals surface area (Å²) < 4.78 is 5.40. The molecular weight excluding hydrogens is 282 g/mol. The standard InChI is InChI=1S/C16H17N3OS/c1-11(9-12-5-3-4-6-14(12)20-2)19-15-13-7-8-21-16(13)18-10-17-15/h3-8,10-11H,9H2,1-2H3,(H,17,18,19). The summed E-state index contributed by atoms with van der Waals surface area (Å²) in [6.45, 7) is 2.15. The van der Waals surface area contributed by atoms with Crippen LogP contribution in [0.5, 0.6) is 5.75 Å². The molecule has 5 heteroatoms. The summed E-state index contributed by atoms with van der Waals surface area (Å²) in [6, 6.07) is 10.4. The number of methoxy groups -OCH3 is 1. The quantitative estimate of drug-likeness (QED) is 0.779. The van der Waals surface area contributed by atoms with Gasteiger partial charge in [0.1, 0.15) is 22.7 Å². The molecule has 1 aromatic carbocycles. The lowest BCUT2D eigenvalue weighted by Gasteiger charge is -2.16. The number of hydrogen-bond donors (Lipinski definition) is 1. The molecule has 0 spiro atoms. The van der Waals surface area contributed by atoms with Crippen molar-refractivity contribution in [3.63, 3.8) is 0 Å². The van der Waals surface area contributed by atoms with Crippen LogP contribution in [0, 0.1) is 0 Å². The molecule has 0 aliphatic heterocycles. The molecule has 3 aromatic rings. The van der Waals surface area contributed by atoms with E-state index in [0.29, 0.717) is 0 Å². The Morgan fingerprint density at radius 2 is 2.10 bits per heavy atom. The molecule has 2 aromatic heterocycles. The second-order valence-corrected chi connectivity index (χ2v) is 5.82. The molecule has 2 heterocycles. The van der Waals surface area contributed by atoms with Crippen molar-refractivity contribution in [2.45, 2.75) is 19.4 Å². The van der Waals surface area contributed by atoms with Gasteiger partial charge < -0.3 is 10.1 Å². The smallest absolute Gasteiger partial charge is 0.138 e. The zero-order chi connectivity index (χ0) is 14.7. The monoisotopic (exact) mass is 299 g/mol. The van der Waals surface area contributed by atoms with Crippen molar-refractivity contribution in [3.8, 4) is 5.75 Å². The minimum Gasteiger partial charge on any atom is -0.496 e. The van der Waals surface area contributed by atoms with Gasteiger partial charge in [-0.1, -0.05) is 18.2 Å². The van der Waals surface area contributed by atoms with Crippen molar-refractivity contribution in [3.05, 3.63) is 47.6 Å². The first-order valence-electron chi connectivity index (χ1n) is 6.84. The Kier molecular flexibility index (Phi) is 4.01. The maximum atomic E-state index is 5.40. The Balaban J connectivity index is 1.77. The summed E-state index contributed by atoms with van der Waals surface area (Å²) in [5.41, 5.74) is 1.19. The van der Waals surface area contributed by atoms with Crippen molar-refractivity contribution in [1.29, 1.82) is 0 Å². The minimum absolute atomic E-state index is 0.249. The van der Waals surface area contributed by atoms with Gasteiger partial charge in [-0.15, -0.1) is 11.3 Å². The SMILES string of the molecule is COc1ccccc1CC(C)Nc1ncnc2sccc12. The highest BCUT2D eigenvalue weighted by Gasteiger charge is 2.11. The lowest BCUT2D eigenvalue weighted by atomic mass is 10.1. The predicted octanol–water partition coefficient (Wildman–Crippen LogP) is 3.74. The van der Waals surface area contributed by atoms with E-state index < -0.39 is 0 Å². The molecule has 21 heavy (non-hydrogen) atoms. The van der Waals surface area contributed by atoms with Crippen LogP contribution in [0.25, 0.3) is 10.2 Å². The molecule has 3 rings (SSSR count). The van der Waals surface area contributed by atoms with Crippen LogP contribution in [0.3, 0.4) is 0 Å². The van der Waals surface area contributed by atoms with Crippen LogP contribution in [0.15, 0.2) is 42.0 Å². The Morgan fingerprint density at radius 1 is 1.24 bits per heavy atom. The molecule has 0 saturated heterocycles. The first kappa shape index (κ1) is 13.8. The largest absolute Gasteiger partial charge is 0.496 e. The number of rotatable bonds is 5. The molecule has 0 aliphatic carbocycles. The van der Waals surface area contributed by atoms with Gasteiger partial charge in [-0.25, -0.2) is 9.97 Å². The second kappa shape index (κ2) is 6.10. The van der Waals surface area contributed by atoms with Gasteiger partial charge in [0.05, 0.1) is 12.5 Å². The maximum Gasteiger partial charge on any atom is 0.138 e. The van der Waals surface area contributed by atoms with Crippen molar-refractivity contribution in [2.75, 3.05) is 12.4 Å². The fourth-order valence-corrected chi connectivity index (χ4v) is 3.12. The molecule has 0 aliphatic rings. The Bertz CT molecular complexity index is 741. The van der Waals surface area contributed by atoms with Crippen LogP contribution < -0.4 is 10.1 Å². The fraction of sp³-hybridized carbons (Fsp3) is 0.250. The van der Waals surface area contributed by atoms with Crippen LogP contribution in [-0.4, -0.2) is 23.1 Å². The summed E-state index contributed by atoms with van der Waals surface area (Å²) in [5.74, 6) is 1.82. The number of nitrogens with one attached hydrogen (secondary N) is 1. The Labute approximate surface area is 127 Å². The predicted molar refractivity (Wildman–Crippen MR) is 87.2 cm³/mol. The summed E-state index contributed by atoms with van der Waals surface area (Å²) in [6.07, 6.45) is 2.48. The lowest BCUT2D eigenvalue weighted by molar-refractivity contribution is 0.409. The number of ether oxygens (including phenoxy) is 1. The molecule has 4 nitrogen and oxygen atoms in total. The zero-order valence-electron chi connectivity index (χ0n) is 12.0. The van der Waals surface area contributed by atoms with E-state index in [2.05, 4.69) is 34.3 Å². The molecule has 0 amide bonds. The number of fused-ring (bicyclic) bond motifs is 1. The van der Waals surface area contributed by atoms with Gasteiger partial charge >= 0.3 is 0 Å². The first-order valence-corrected chi connectivity index (χ1v) is 7.72. The van der Waals surface area contributed by atoms with E-state index in [1.54, 1.807) is 24.8 Å². The molecule has 1 unspecified atom stereocenters. The number of anilines is 1. The van der Waals surface area contributed by atoms with E-state index in [1.807, 2.05) is 23.6 Å². The Morgan fingerprint density at radius 3 is 2.95 bits per heavy atom. The highest BCUT2D eigenvalue weighted by Crippen LogP contribution is 2.25. The average Bonchev–Trinajstić information content (AvgIpc) is 2.97. The molecule has 1 N–H and O–H groups in total. The number of hydrogen-bond acceptors (Lipinski definition) is 5. The van der Waals surface area contributed by atoms with Gasteiger partial charge in [-0.2, -0.15) is 0 Å². The van der Waals surface area contributed by atoms with Crippen LogP contribution in [-0.2, 0) is 6.42 Å². The molecule has 1 atom stereocenters. The third-order valence-corrected chi connectivity index (χ3v) is 4.18. The van der Waals surface area contributed by atoms with Gasteiger partial charge in [0.2, 0.25) is 0 Å². The zero-order valence-corrected chi connectivity index (χ0v) is 12.9. The molecule has 108 valence electrons. The molecule has 0 saturated carbocycles. The van der Waals surface area contributed by atoms with Crippen molar-refractivity contribution in [1.82, 2.24) is 9.97 Å². The van der Waals surface area contributed by atoms with Gasteiger partial charge in [0, 0.05) is 6.04 Å². The first-order chi connectivity index (χ1) is 10.3. The summed E-state index contributed by atoms with van der Waals surface area (Å²) in [7, 11) is 1.70. The van der Waals surface area contributed by atoms with Gasteiger partial charge in [-0.3, -0.25) is 0 Å². The third-order valence-electron chi connectivity index (χ3n) is 3.36. The van der Waals surface area contributed by atoms with Gasteiger partial charge in [0.15, 0.2) is 0 Å². The van der Waals surface area contributed by atoms with Crippen molar-refractivity contribution < 1.29 is 4.74 Å². The van der Waals surface area contributed by atoms with E-state index in [-0.39, 0.29) is 6.04 Å². The van der Waals surface area contributed by atoms with Crippen LogP contribution in [0.4, 0.5) is 5.82 Å². The molecular formula is C16H17N3OS. The Hall–Kier alpha value is -2.14. The highest BCUT2D eigenvalue weighted by molar-refractivity contribution is 7.16. The van der Waals surface area contributed by atoms with Crippen molar-refractivity contribution >= 4 is 27.4 Å². The van der Waals surface area contributed by atoms with E-state index >= 15 is 0 Å². The van der Waals surface area contributed by atoms with E-state index in [1.165, 1.54) is 5.56 Å². The summed E-state index contributed by atoms with van der Waals surface area (Å²) >= 11 is 1.63. The van der Waals surface area contributed by atoms with Crippen molar-refractivity contribution in [2.24, 2.45) is 0 Å². The van der Waals surface area contributed by atoms with E-state index in [0.717, 1.165) is 28.2 Å². The minimum atomic E-state index is 0.249. The number of nitrogens with zero attached hydrogens (tertiary/aromatic N) is 2. The van der Waals surface area contributed by atoms with Crippen LogP contribution in [0.2, 0.25) is 0 Å². The molecule has 0 fully saturated rings. The second-order valence-electron chi connectivity index (χ2n) is 4.92. The molecule has 0 bridgehead atoms. The third kappa shape index (κ3) is 2.97. The van der Waals surface area contributed by atoms with E-state index in [4.69, 9.17) is 4.74 Å². The van der Waals surface area contributed by atoms with E-state index in [9.17, 15) is 0 Å². The normalized spacial score (nSPS) is 12.3. The number of aromatic nitrogens is 2. The van der Waals surface area contributed by atoms with Gasteiger partial charge in [0.25, 0.3) is 0 Å².